The molecule has 0 fully saturated rings. The normalized spacial score (nSPS) is 10.2. The van der Waals surface area contributed by atoms with E-state index in [9.17, 15) is 9.59 Å². The minimum Gasteiger partial charge on any atom is -0.497 e. The summed E-state index contributed by atoms with van der Waals surface area (Å²) in [5, 5.41) is 4.89. The molecule has 1 aromatic heterocycles. The highest BCUT2D eigenvalue weighted by Gasteiger charge is 2.12. The summed E-state index contributed by atoms with van der Waals surface area (Å²) in [4.78, 5) is 28.4. The fourth-order valence-electron chi connectivity index (χ4n) is 2.32. The van der Waals surface area contributed by atoms with Crippen LogP contribution in [0.15, 0.2) is 53.9 Å². The van der Waals surface area contributed by atoms with Gasteiger partial charge in [-0.15, -0.1) is 11.3 Å². The van der Waals surface area contributed by atoms with E-state index in [4.69, 9.17) is 14.2 Å². The number of rotatable bonds is 7. The minimum atomic E-state index is -0.587. The van der Waals surface area contributed by atoms with E-state index < -0.39 is 18.5 Å². The summed E-state index contributed by atoms with van der Waals surface area (Å²) < 4.78 is 15.2. The fraction of sp³-hybridized carbons (Fsp3) is 0.150. The summed E-state index contributed by atoms with van der Waals surface area (Å²) in [6.07, 6.45) is 0. The van der Waals surface area contributed by atoms with Crippen molar-refractivity contribution in [3.05, 3.63) is 59.5 Å². The topological polar surface area (TPSA) is 86.8 Å². The van der Waals surface area contributed by atoms with Crippen LogP contribution in [0.3, 0.4) is 0 Å². The van der Waals surface area contributed by atoms with Crippen LogP contribution in [0, 0.1) is 0 Å². The molecule has 3 rings (SSSR count). The Morgan fingerprint density at radius 1 is 0.964 bits per heavy atom. The summed E-state index contributed by atoms with van der Waals surface area (Å²) >= 11 is 1.29. The third-order valence-electron chi connectivity index (χ3n) is 3.80. The van der Waals surface area contributed by atoms with Gasteiger partial charge in [-0.1, -0.05) is 0 Å². The van der Waals surface area contributed by atoms with E-state index in [0.717, 1.165) is 17.0 Å². The molecule has 0 aliphatic heterocycles. The van der Waals surface area contributed by atoms with Gasteiger partial charge in [-0.25, -0.2) is 9.78 Å². The van der Waals surface area contributed by atoms with E-state index in [1.54, 1.807) is 31.4 Å². The Morgan fingerprint density at radius 3 is 2.18 bits per heavy atom. The molecule has 144 valence electrons. The summed E-state index contributed by atoms with van der Waals surface area (Å²) in [7, 11) is 3.14. The number of hydrogen-bond acceptors (Lipinski definition) is 7. The van der Waals surface area contributed by atoms with Crippen molar-refractivity contribution in [2.75, 3.05) is 26.1 Å². The van der Waals surface area contributed by atoms with E-state index >= 15 is 0 Å². The lowest BCUT2D eigenvalue weighted by molar-refractivity contribution is -0.119. The van der Waals surface area contributed by atoms with E-state index in [-0.39, 0.29) is 0 Å². The summed E-state index contributed by atoms with van der Waals surface area (Å²) in [5.74, 6) is 0.338. The van der Waals surface area contributed by atoms with Crippen LogP contribution in [0.1, 0.15) is 10.4 Å². The fourth-order valence-corrected chi connectivity index (χ4v) is 3.06. The monoisotopic (exact) mass is 398 g/mol. The molecule has 0 spiro atoms. The first-order valence-electron chi connectivity index (χ1n) is 8.30. The molecule has 0 saturated carbocycles. The summed E-state index contributed by atoms with van der Waals surface area (Å²) in [6, 6.07) is 13.9. The molecule has 1 amide bonds. The molecule has 2 aromatic carbocycles. The van der Waals surface area contributed by atoms with Crippen LogP contribution in [0.4, 0.5) is 5.13 Å². The van der Waals surface area contributed by atoms with Gasteiger partial charge in [0.1, 0.15) is 11.5 Å². The van der Waals surface area contributed by atoms with E-state index in [1.165, 1.54) is 18.4 Å². The van der Waals surface area contributed by atoms with Crippen molar-refractivity contribution < 1.29 is 23.8 Å². The predicted molar refractivity (Wildman–Crippen MR) is 106 cm³/mol. The maximum atomic E-state index is 12.0. The van der Waals surface area contributed by atoms with Crippen LogP contribution in [0.25, 0.3) is 11.3 Å². The van der Waals surface area contributed by atoms with Crippen molar-refractivity contribution in [1.29, 1.82) is 0 Å². The molecule has 0 saturated heterocycles. The summed E-state index contributed by atoms with van der Waals surface area (Å²) in [6.45, 7) is -0.400. The Labute approximate surface area is 165 Å². The maximum Gasteiger partial charge on any atom is 0.338 e. The lowest BCUT2D eigenvalue weighted by Gasteiger charge is -2.05. The lowest BCUT2D eigenvalue weighted by Crippen LogP contribution is -2.20. The van der Waals surface area contributed by atoms with Gasteiger partial charge in [0.2, 0.25) is 0 Å². The van der Waals surface area contributed by atoms with Gasteiger partial charge in [0.05, 0.1) is 25.5 Å². The van der Waals surface area contributed by atoms with E-state index in [2.05, 4.69) is 10.3 Å². The predicted octanol–water partition coefficient (Wildman–Crippen LogP) is 3.62. The largest absolute Gasteiger partial charge is 0.497 e. The van der Waals surface area contributed by atoms with Crippen LogP contribution >= 0.6 is 11.3 Å². The molecule has 1 heterocycles. The standard InChI is InChI=1S/C20H18N2O5S/c1-25-15-7-3-13(4-8-15)17-12-28-20(21-17)22-18(23)11-27-19(24)14-5-9-16(26-2)10-6-14/h3-10,12H,11H2,1-2H3,(H,21,22,23). The molecule has 1 N–H and O–H groups in total. The number of aromatic nitrogens is 1. The number of carbonyl (C=O) groups is 2. The molecule has 0 radical (unpaired) electrons. The van der Waals surface area contributed by atoms with Gasteiger partial charge in [0.25, 0.3) is 5.91 Å². The van der Waals surface area contributed by atoms with Crippen molar-refractivity contribution in [1.82, 2.24) is 4.98 Å². The lowest BCUT2D eigenvalue weighted by atomic mass is 10.2. The number of thiazole rings is 1. The zero-order valence-corrected chi connectivity index (χ0v) is 16.1. The number of nitrogens with one attached hydrogen (secondary N) is 1. The van der Waals surface area contributed by atoms with Gasteiger partial charge in [-0.05, 0) is 48.5 Å². The first kappa shape index (κ1) is 19.4. The number of nitrogens with zero attached hydrogens (tertiary/aromatic N) is 1. The Balaban J connectivity index is 1.53. The number of esters is 1. The molecule has 0 aliphatic rings. The third-order valence-corrected chi connectivity index (χ3v) is 4.55. The number of carbonyl (C=O) groups excluding carboxylic acids is 2. The third kappa shape index (κ3) is 4.86. The molecule has 0 atom stereocenters. The molecule has 7 nitrogen and oxygen atoms in total. The van der Waals surface area contributed by atoms with Gasteiger partial charge in [-0.2, -0.15) is 0 Å². The second-order valence-electron chi connectivity index (χ2n) is 5.62. The van der Waals surface area contributed by atoms with Gasteiger partial charge in [0.15, 0.2) is 11.7 Å². The Kier molecular flexibility index (Phi) is 6.23. The SMILES string of the molecule is COc1ccc(C(=O)OCC(=O)Nc2nc(-c3ccc(OC)cc3)cs2)cc1. The van der Waals surface area contributed by atoms with Crippen molar-refractivity contribution in [2.24, 2.45) is 0 Å². The molecule has 0 aliphatic carbocycles. The smallest absolute Gasteiger partial charge is 0.338 e. The Bertz CT molecular complexity index is 951. The number of methoxy groups -OCH3 is 2. The van der Waals surface area contributed by atoms with E-state index in [0.29, 0.717) is 16.4 Å². The second kappa shape index (κ2) is 9.01. The highest BCUT2D eigenvalue weighted by molar-refractivity contribution is 7.14. The van der Waals surface area contributed by atoms with Crippen LogP contribution in [0.5, 0.6) is 11.5 Å². The molecule has 3 aromatic rings. The number of benzene rings is 2. The quantitative estimate of drug-likeness (QED) is 0.612. The highest BCUT2D eigenvalue weighted by atomic mass is 32.1. The van der Waals surface area contributed by atoms with Gasteiger partial charge in [0, 0.05) is 10.9 Å². The average Bonchev–Trinajstić information content (AvgIpc) is 3.20. The molecular weight excluding hydrogens is 380 g/mol. The van der Waals surface area contributed by atoms with Crippen LogP contribution in [-0.4, -0.2) is 37.7 Å². The average molecular weight is 398 g/mol. The van der Waals surface area contributed by atoms with Crippen molar-refractivity contribution >= 4 is 28.3 Å². The van der Waals surface area contributed by atoms with Crippen LogP contribution < -0.4 is 14.8 Å². The molecule has 0 unspecified atom stereocenters. The zero-order valence-electron chi connectivity index (χ0n) is 15.3. The summed E-state index contributed by atoms with van der Waals surface area (Å²) in [5.41, 5.74) is 1.98. The highest BCUT2D eigenvalue weighted by Crippen LogP contribution is 2.26. The molecular formula is C20H18N2O5S. The number of anilines is 1. The number of ether oxygens (including phenoxy) is 3. The van der Waals surface area contributed by atoms with Crippen LogP contribution in [-0.2, 0) is 9.53 Å². The van der Waals surface area contributed by atoms with Gasteiger partial charge >= 0.3 is 5.97 Å². The van der Waals surface area contributed by atoms with Crippen LogP contribution in [0.2, 0.25) is 0 Å². The molecule has 28 heavy (non-hydrogen) atoms. The first-order chi connectivity index (χ1) is 13.6. The number of amides is 1. The Morgan fingerprint density at radius 2 is 1.57 bits per heavy atom. The molecule has 8 heteroatoms. The van der Waals surface area contributed by atoms with Gasteiger partial charge in [-0.3, -0.25) is 10.1 Å². The number of hydrogen-bond donors (Lipinski definition) is 1. The van der Waals surface area contributed by atoms with E-state index in [1.807, 2.05) is 29.6 Å². The Hall–Kier alpha value is -3.39. The minimum absolute atomic E-state index is 0.338. The maximum absolute atomic E-state index is 12.0. The van der Waals surface area contributed by atoms with Crippen molar-refractivity contribution in [2.45, 2.75) is 0 Å². The van der Waals surface area contributed by atoms with Gasteiger partial charge < -0.3 is 14.2 Å². The second-order valence-corrected chi connectivity index (χ2v) is 6.48. The zero-order chi connectivity index (χ0) is 19.9. The van der Waals surface area contributed by atoms with Crippen molar-refractivity contribution in [3.63, 3.8) is 0 Å². The first-order valence-corrected chi connectivity index (χ1v) is 9.18. The van der Waals surface area contributed by atoms with Crippen molar-refractivity contribution in [3.8, 4) is 22.8 Å². The molecule has 0 bridgehead atoms.